The van der Waals surface area contributed by atoms with Crippen LogP contribution in [0.25, 0.3) is 11.1 Å². The maximum absolute atomic E-state index is 11.9. The number of rotatable bonds is 3. The highest BCUT2D eigenvalue weighted by atomic mass is 16.4. The minimum absolute atomic E-state index is 0.000843. The molecule has 0 atom stereocenters. The SMILES string of the molecule is Cc1oc2ncn(CCO)c(=O)c2c1C(=O)O. The van der Waals surface area contributed by atoms with E-state index in [9.17, 15) is 9.59 Å². The molecular weight excluding hydrogens is 228 g/mol. The number of aromatic carboxylic acids is 1. The van der Waals surface area contributed by atoms with E-state index in [4.69, 9.17) is 14.6 Å². The standard InChI is InChI=1S/C10H10N2O5/c1-5-6(10(15)16)7-8(17-5)11-4-12(2-3-13)9(7)14/h4,13H,2-3H2,1H3,(H,15,16). The molecule has 2 heterocycles. The summed E-state index contributed by atoms with van der Waals surface area (Å²) in [5.74, 6) is -1.10. The summed E-state index contributed by atoms with van der Waals surface area (Å²) in [5.41, 5.74) is -0.706. The van der Waals surface area contributed by atoms with Gasteiger partial charge in [-0.2, -0.15) is 0 Å². The Morgan fingerprint density at radius 2 is 2.29 bits per heavy atom. The third kappa shape index (κ3) is 1.70. The Bertz CT molecular complexity index is 640. The van der Waals surface area contributed by atoms with Gasteiger partial charge in [0.2, 0.25) is 5.71 Å². The molecule has 17 heavy (non-hydrogen) atoms. The van der Waals surface area contributed by atoms with Crippen molar-refractivity contribution in [1.82, 2.24) is 9.55 Å². The molecule has 0 amide bonds. The van der Waals surface area contributed by atoms with Crippen LogP contribution in [-0.4, -0.2) is 32.3 Å². The van der Waals surface area contributed by atoms with E-state index >= 15 is 0 Å². The summed E-state index contributed by atoms with van der Waals surface area (Å²) in [6.45, 7) is 1.29. The van der Waals surface area contributed by atoms with E-state index < -0.39 is 11.5 Å². The van der Waals surface area contributed by atoms with E-state index in [-0.39, 0.29) is 35.6 Å². The van der Waals surface area contributed by atoms with Gasteiger partial charge < -0.3 is 14.6 Å². The predicted molar refractivity (Wildman–Crippen MR) is 57.1 cm³/mol. The highest BCUT2D eigenvalue weighted by Crippen LogP contribution is 2.20. The van der Waals surface area contributed by atoms with Gasteiger partial charge in [0.1, 0.15) is 23.0 Å². The molecular formula is C10H10N2O5. The number of hydrogen-bond acceptors (Lipinski definition) is 5. The fourth-order valence-corrected chi connectivity index (χ4v) is 1.66. The number of aliphatic hydroxyl groups excluding tert-OH is 1. The lowest BCUT2D eigenvalue weighted by Gasteiger charge is -2.01. The molecule has 2 aromatic rings. The quantitative estimate of drug-likeness (QED) is 0.778. The van der Waals surface area contributed by atoms with E-state index in [1.165, 1.54) is 13.3 Å². The lowest BCUT2D eigenvalue weighted by molar-refractivity contribution is 0.0697. The van der Waals surface area contributed by atoms with Crippen LogP contribution in [0.5, 0.6) is 0 Å². The Morgan fingerprint density at radius 3 is 2.88 bits per heavy atom. The summed E-state index contributed by atoms with van der Waals surface area (Å²) in [6, 6.07) is 0. The lowest BCUT2D eigenvalue weighted by Crippen LogP contribution is -2.22. The van der Waals surface area contributed by atoms with Crippen LogP contribution >= 0.6 is 0 Å². The van der Waals surface area contributed by atoms with Gasteiger partial charge >= 0.3 is 5.97 Å². The molecule has 0 bridgehead atoms. The molecule has 0 radical (unpaired) electrons. The fraction of sp³-hybridized carbons (Fsp3) is 0.300. The zero-order chi connectivity index (χ0) is 12.6. The number of carboxylic acid groups (broad SMARTS) is 1. The van der Waals surface area contributed by atoms with Crippen LogP contribution in [0.1, 0.15) is 16.1 Å². The van der Waals surface area contributed by atoms with Crippen molar-refractivity contribution in [2.75, 3.05) is 6.61 Å². The van der Waals surface area contributed by atoms with E-state index in [1.54, 1.807) is 0 Å². The molecule has 0 unspecified atom stereocenters. The zero-order valence-electron chi connectivity index (χ0n) is 9.01. The van der Waals surface area contributed by atoms with Gasteiger partial charge in [-0.1, -0.05) is 0 Å². The highest BCUT2D eigenvalue weighted by Gasteiger charge is 2.21. The Labute approximate surface area is 94.9 Å². The average Bonchev–Trinajstić information content (AvgIpc) is 2.60. The van der Waals surface area contributed by atoms with Crippen molar-refractivity contribution in [2.45, 2.75) is 13.5 Å². The van der Waals surface area contributed by atoms with Gasteiger partial charge in [0, 0.05) is 0 Å². The molecule has 7 nitrogen and oxygen atoms in total. The molecule has 0 aliphatic carbocycles. The van der Waals surface area contributed by atoms with Crippen LogP contribution in [0, 0.1) is 6.92 Å². The van der Waals surface area contributed by atoms with Crippen molar-refractivity contribution < 1.29 is 19.4 Å². The molecule has 0 saturated carbocycles. The normalized spacial score (nSPS) is 10.9. The number of aryl methyl sites for hydroxylation is 1. The van der Waals surface area contributed by atoms with E-state index in [2.05, 4.69) is 4.98 Å². The second-order valence-electron chi connectivity index (χ2n) is 3.49. The molecule has 2 rings (SSSR count). The first-order valence-corrected chi connectivity index (χ1v) is 4.89. The molecule has 0 fully saturated rings. The summed E-state index contributed by atoms with van der Waals surface area (Å²) in [6.07, 6.45) is 1.22. The zero-order valence-corrected chi connectivity index (χ0v) is 9.01. The summed E-state index contributed by atoms with van der Waals surface area (Å²) in [4.78, 5) is 26.8. The average molecular weight is 238 g/mol. The minimum atomic E-state index is -1.23. The molecule has 2 N–H and O–H groups in total. The fourth-order valence-electron chi connectivity index (χ4n) is 1.66. The highest BCUT2D eigenvalue weighted by molar-refractivity contribution is 6.02. The van der Waals surface area contributed by atoms with Gasteiger partial charge in [0.15, 0.2) is 0 Å². The monoisotopic (exact) mass is 238 g/mol. The van der Waals surface area contributed by atoms with Crippen molar-refractivity contribution in [3.05, 3.63) is 28.0 Å². The third-order valence-corrected chi connectivity index (χ3v) is 2.41. The Kier molecular flexibility index (Phi) is 2.68. The largest absolute Gasteiger partial charge is 0.478 e. The second kappa shape index (κ2) is 4.02. The molecule has 0 aliphatic rings. The number of nitrogens with zero attached hydrogens (tertiary/aromatic N) is 2. The van der Waals surface area contributed by atoms with E-state index in [0.29, 0.717) is 0 Å². The Balaban J connectivity index is 2.83. The molecule has 0 aliphatic heterocycles. The third-order valence-electron chi connectivity index (χ3n) is 2.41. The maximum atomic E-state index is 11.9. The first-order valence-electron chi connectivity index (χ1n) is 4.89. The van der Waals surface area contributed by atoms with Crippen LogP contribution in [0.4, 0.5) is 0 Å². The van der Waals surface area contributed by atoms with Gasteiger partial charge in [-0.05, 0) is 6.92 Å². The van der Waals surface area contributed by atoms with Crippen molar-refractivity contribution in [3.8, 4) is 0 Å². The minimum Gasteiger partial charge on any atom is -0.478 e. The summed E-state index contributed by atoms with van der Waals surface area (Å²) in [7, 11) is 0. The Morgan fingerprint density at radius 1 is 1.59 bits per heavy atom. The van der Waals surface area contributed by atoms with Crippen molar-refractivity contribution in [3.63, 3.8) is 0 Å². The summed E-state index contributed by atoms with van der Waals surface area (Å²) >= 11 is 0. The predicted octanol–water partition coefficient (Wildman–Crippen LogP) is -0.0116. The molecule has 2 aromatic heterocycles. The summed E-state index contributed by atoms with van der Waals surface area (Å²) in [5, 5.41) is 17.7. The van der Waals surface area contributed by atoms with Gasteiger partial charge in [0.25, 0.3) is 5.56 Å². The molecule has 0 aromatic carbocycles. The number of carbonyl (C=O) groups is 1. The van der Waals surface area contributed by atoms with Crippen molar-refractivity contribution >= 4 is 17.1 Å². The number of aliphatic hydroxyl groups is 1. The van der Waals surface area contributed by atoms with Gasteiger partial charge in [-0.15, -0.1) is 0 Å². The number of hydrogen-bond donors (Lipinski definition) is 2. The number of carboxylic acids is 1. The van der Waals surface area contributed by atoms with E-state index in [1.807, 2.05) is 0 Å². The van der Waals surface area contributed by atoms with Gasteiger partial charge in [-0.3, -0.25) is 9.36 Å². The van der Waals surface area contributed by atoms with Gasteiger partial charge in [0.05, 0.1) is 13.2 Å². The smallest absolute Gasteiger partial charge is 0.340 e. The second-order valence-corrected chi connectivity index (χ2v) is 3.49. The molecule has 7 heteroatoms. The molecule has 0 saturated heterocycles. The van der Waals surface area contributed by atoms with Crippen molar-refractivity contribution in [2.24, 2.45) is 0 Å². The van der Waals surface area contributed by atoms with Crippen molar-refractivity contribution in [1.29, 1.82) is 0 Å². The number of aromatic nitrogens is 2. The van der Waals surface area contributed by atoms with Crippen LogP contribution in [-0.2, 0) is 6.54 Å². The molecule has 90 valence electrons. The first-order chi connectivity index (χ1) is 8.06. The summed E-state index contributed by atoms with van der Waals surface area (Å²) < 4.78 is 6.25. The van der Waals surface area contributed by atoms with Gasteiger partial charge in [-0.25, -0.2) is 9.78 Å². The van der Waals surface area contributed by atoms with Crippen LogP contribution in [0.2, 0.25) is 0 Å². The van der Waals surface area contributed by atoms with Crippen LogP contribution in [0.15, 0.2) is 15.5 Å². The number of furan rings is 1. The number of fused-ring (bicyclic) bond motifs is 1. The van der Waals surface area contributed by atoms with Crippen LogP contribution in [0.3, 0.4) is 0 Å². The first kappa shape index (κ1) is 11.3. The maximum Gasteiger partial charge on any atom is 0.340 e. The topological polar surface area (TPSA) is 106 Å². The lowest BCUT2D eigenvalue weighted by atomic mass is 10.2. The Hall–Kier alpha value is -2.15. The molecule has 0 spiro atoms. The van der Waals surface area contributed by atoms with Crippen LogP contribution < -0.4 is 5.56 Å². The van der Waals surface area contributed by atoms with E-state index in [0.717, 1.165) is 4.57 Å².